The second-order valence-corrected chi connectivity index (χ2v) is 4.61. The maximum Gasteiger partial charge on any atom is 0.145 e. The van der Waals surface area contributed by atoms with Gasteiger partial charge >= 0.3 is 0 Å². The predicted octanol–water partition coefficient (Wildman–Crippen LogP) is 3.17. The third-order valence-electron chi connectivity index (χ3n) is 3.19. The van der Waals surface area contributed by atoms with Crippen LogP contribution in [-0.4, -0.2) is 20.8 Å². The van der Waals surface area contributed by atoms with Gasteiger partial charge in [-0.15, -0.1) is 0 Å². The summed E-state index contributed by atoms with van der Waals surface area (Å²) >= 11 is 6.17. The standard InChI is InChI=1S/C13H18ClNO2/c1-16-11-7-6-9(14)13(17-2)12(11)10-5-3-4-8-15-10/h6-7,10,15H,3-5,8H2,1-2H3. The van der Waals surface area contributed by atoms with Crippen LogP contribution in [0.4, 0.5) is 0 Å². The molecule has 2 rings (SSSR count). The Balaban J connectivity index is 2.43. The van der Waals surface area contributed by atoms with E-state index in [2.05, 4.69) is 5.32 Å². The Bertz CT molecular complexity index is 389. The number of rotatable bonds is 3. The lowest BCUT2D eigenvalue weighted by Crippen LogP contribution is -2.27. The van der Waals surface area contributed by atoms with Crippen molar-refractivity contribution in [1.82, 2.24) is 5.32 Å². The van der Waals surface area contributed by atoms with Crippen LogP contribution in [0.5, 0.6) is 11.5 Å². The predicted molar refractivity (Wildman–Crippen MR) is 69.2 cm³/mol. The molecule has 4 heteroatoms. The molecule has 1 aromatic carbocycles. The zero-order valence-electron chi connectivity index (χ0n) is 10.3. The first-order chi connectivity index (χ1) is 8.27. The van der Waals surface area contributed by atoms with Crippen molar-refractivity contribution in [1.29, 1.82) is 0 Å². The lowest BCUT2D eigenvalue weighted by atomic mass is 9.96. The van der Waals surface area contributed by atoms with Gasteiger partial charge < -0.3 is 14.8 Å². The second kappa shape index (κ2) is 5.61. The van der Waals surface area contributed by atoms with Crippen molar-refractivity contribution in [2.24, 2.45) is 0 Å². The van der Waals surface area contributed by atoms with Crippen molar-refractivity contribution in [2.45, 2.75) is 25.3 Å². The van der Waals surface area contributed by atoms with Gasteiger partial charge in [0.25, 0.3) is 0 Å². The molecule has 1 saturated heterocycles. The van der Waals surface area contributed by atoms with Crippen LogP contribution >= 0.6 is 11.6 Å². The molecule has 1 atom stereocenters. The molecule has 0 spiro atoms. The van der Waals surface area contributed by atoms with Gasteiger partial charge in [0.1, 0.15) is 11.5 Å². The Morgan fingerprint density at radius 2 is 2.06 bits per heavy atom. The van der Waals surface area contributed by atoms with E-state index in [1.165, 1.54) is 12.8 Å². The Labute approximate surface area is 107 Å². The minimum atomic E-state index is 0.271. The summed E-state index contributed by atoms with van der Waals surface area (Å²) in [6.07, 6.45) is 3.53. The van der Waals surface area contributed by atoms with Crippen molar-refractivity contribution < 1.29 is 9.47 Å². The number of methoxy groups -OCH3 is 2. The Hall–Kier alpha value is -0.930. The zero-order valence-corrected chi connectivity index (χ0v) is 11.0. The molecule has 0 aromatic heterocycles. The first kappa shape index (κ1) is 12.5. The summed E-state index contributed by atoms with van der Waals surface area (Å²) in [5.41, 5.74) is 1.04. The van der Waals surface area contributed by atoms with Crippen molar-refractivity contribution in [2.75, 3.05) is 20.8 Å². The quantitative estimate of drug-likeness (QED) is 0.900. The lowest BCUT2D eigenvalue weighted by molar-refractivity contribution is 0.348. The van der Waals surface area contributed by atoms with Gasteiger partial charge in [0.05, 0.1) is 24.8 Å². The van der Waals surface area contributed by atoms with E-state index in [1.807, 2.05) is 12.1 Å². The summed E-state index contributed by atoms with van der Waals surface area (Å²) in [5, 5.41) is 4.13. The van der Waals surface area contributed by atoms with Gasteiger partial charge in [0.2, 0.25) is 0 Å². The second-order valence-electron chi connectivity index (χ2n) is 4.20. The number of nitrogens with one attached hydrogen (secondary N) is 1. The average molecular weight is 256 g/mol. The molecule has 3 nitrogen and oxygen atoms in total. The highest BCUT2D eigenvalue weighted by atomic mass is 35.5. The summed E-state index contributed by atoms with van der Waals surface area (Å²) < 4.78 is 10.8. The molecule has 0 radical (unpaired) electrons. The van der Waals surface area contributed by atoms with Crippen LogP contribution in [0.1, 0.15) is 30.9 Å². The highest BCUT2D eigenvalue weighted by Gasteiger charge is 2.24. The van der Waals surface area contributed by atoms with Gasteiger partial charge in [-0.3, -0.25) is 0 Å². The molecule has 94 valence electrons. The molecule has 0 aliphatic carbocycles. The molecular weight excluding hydrogens is 238 g/mol. The molecule has 1 unspecified atom stereocenters. The molecule has 1 aliphatic heterocycles. The van der Waals surface area contributed by atoms with Crippen LogP contribution in [0.3, 0.4) is 0 Å². The number of hydrogen-bond donors (Lipinski definition) is 1. The van der Waals surface area contributed by atoms with Gasteiger partial charge in [-0.05, 0) is 31.5 Å². The molecule has 1 N–H and O–H groups in total. The fraction of sp³-hybridized carbons (Fsp3) is 0.538. The zero-order chi connectivity index (χ0) is 12.3. The molecule has 1 fully saturated rings. The molecular formula is C13H18ClNO2. The summed E-state index contributed by atoms with van der Waals surface area (Å²) in [7, 11) is 3.32. The van der Waals surface area contributed by atoms with Crippen LogP contribution in [0.2, 0.25) is 5.02 Å². The van der Waals surface area contributed by atoms with E-state index in [0.717, 1.165) is 30.0 Å². The van der Waals surface area contributed by atoms with Gasteiger partial charge in [-0.25, -0.2) is 0 Å². The van der Waals surface area contributed by atoms with E-state index in [9.17, 15) is 0 Å². The van der Waals surface area contributed by atoms with Gasteiger partial charge in [0, 0.05) is 6.04 Å². The third kappa shape index (κ3) is 2.50. The van der Waals surface area contributed by atoms with E-state index in [-0.39, 0.29) is 6.04 Å². The van der Waals surface area contributed by atoms with Crippen LogP contribution in [0, 0.1) is 0 Å². The maximum absolute atomic E-state index is 6.17. The Kier molecular flexibility index (Phi) is 4.13. The summed E-state index contributed by atoms with van der Waals surface area (Å²) in [5.74, 6) is 1.57. The summed E-state index contributed by atoms with van der Waals surface area (Å²) in [4.78, 5) is 0. The summed E-state index contributed by atoms with van der Waals surface area (Å²) in [6, 6.07) is 3.98. The average Bonchev–Trinajstić information content (AvgIpc) is 2.39. The molecule has 17 heavy (non-hydrogen) atoms. The number of benzene rings is 1. The SMILES string of the molecule is COc1ccc(Cl)c(OC)c1C1CCCCN1. The van der Waals surface area contributed by atoms with E-state index in [4.69, 9.17) is 21.1 Å². The van der Waals surface area contributed by atoms with Gasteiger partial charge in [-0.1, -0.05) is 18.0 Å². The normalized spacial score (nSPS) is 20.1. The monoisotopic (exact) mass is 255 g/mol. The van der Waals surface area contributed by atoms with Gasteiger partial charge in [-0.2, -0.15) is 0 Å². The molecule has 0 saturated carbocycles. The molecule has 1 heterocycles. The minimum absolute atomic E-state index is 0.271. The largest absolute Gasteiger partial charge is 0.496 e. The molecule has 1 aliphatic rings. The Morgan fingerprint density at radius 3 is 2.65 bits per heavy atom. The molecule has 1 aromatic rings. The molecule has 0 amide bonds. The van der Waals surface area contributed by atoms with E-state index >= 15 is 0 Å². The Morgan fingerprint density at radius 1 is 1.24 bits per heavy atom. The van der Waals surface area contributed by atoms with Crippen molar-refractivity contribution >= 4 is 11.6 Å². The highest BCUT2D eigenvalue weighted by molar-refractivity contribution is 6.32. The van der Waals surface area contributed by atoms with E-state index in [1.54, 1.807) is 14.2 Å². The van der Waals surface area contributed by atoms with Crippen molar-refractivity contribution in [3.05, 3.63) is 22.7 Å². The van der Waals surface area contributed by atoms with Crippen LogP contribution in [0.25, 0.3) is 0 Å². The van der Waals surface area contributed by atoms with Crippen molar-refractivity contribution in [3.8, 4) is 11.5 Å². The minimum Gasteiger partial charge on any atom is -0.496 e. The highest BCUT2D eigenvalue weighted by Crippen LogP contribution is 2.41. The van der Waals surface area contributed by atoms with E-state index in [0.29, 0.717) is 5.02 Å². The number of ether oxygens (including phenoxy) is 2. The summed E-state index contributed by atoms with van der Waals surface area (Å²) in [6.45, 7) is 1.03. The fourth-order valence-electron chi connectivity index (χ4n) is 2.37. The van der Waals surface area contributed by atoms with Gasteiger partial charge in [0.15, 0.2) is 0 Å². The van der Waals surface area contributed by atoms with Crippen molar-refractivity contribution in [3.63, 3.8) is 0 Å². The topological polar surface area (TPSA) is 30.5 Å². The number of halogens is 1. The first-order valence-electron chi connectivity index (χ1n) is 5.91. The third-order valence-corrected chi connectivity index (χ3v) is 3.49. The fourth-order valence-corrected chi connectivity index (χ4v) is 2.61. The maximum atomic E-state index is 6.17. The smallest absolute Gasteiger partial charge is 0.145 e. The molecule has 0 bridgehead atoms. The van der Waals surface area contributed by atoms with E-state index < -0.39 is 0 Å². The number of hydrogen-bond acceptors (Lipinski definition) is 3. The number of piperidine rings is 1. The van der Waals surface area contributed by atoms with Crippen LogP contribution in [-0.2, 0) is 0 Å². The lowest BCUT2D eigenvalue weighted by Gasteiger charge is -2.27. The van der Waals surface area contributed by atoms with Crippen LogP contribution in [0.15, 0.2) is 12.1 Å². The van der Waals surface area contributed by atoms with Crippen LogP contribution < -0.4 is 14.8 Å². The first-order valence-corrected chi connectivity index (χ1v) is 6.29.